The van der Waals surface area contributed by atoms with Gasteiger partial charge in [0.2, 0.25) is 0 Å². The second-order valence-corrected chi connectivity index (χ2v) is 14.2. The Kier molecular flexibility index (Phi) is 6.12. The van der Waals surface area contributed by atoms with Gasteiger partial charge in [-0.25, -0.2) is 4.98 Å². The Bertz CT molecular complexity index is 3100. The number of hydrogen-bond donors (Lipinski definition) is 0. The molecule has 0 saturated carbocycles. The zero-order chi connectivity index (χ0) is 33.5. The van der Waals surface area contributed by atoms with Crippen molar-refractivity contribution in [3.63, 3.8) is 0 Å². The zero-order valence-electron chi connectivity index (χ0n) is 27.5. The molecule has 0 fully saturated rings. The summed E-state index contributed by atoms with van der Waals surface area (Å²) in [5.41, 5.74) is 10.4. The van der Waals surface area contributed by atoms with E-state index in [-0.39, 0.29) is 0 Å². The third-order valence-electron chi connectivity index (χ3n) is 10.3. The molecule has 7 aromatic carbocycles. The molecule has 0 amide bonds. The molecule has 238 valence electrons. The van der Waals surface area contributed by atoms with Crippen LogP contribution in [0.15, 0.2) is 176 Å². The fourth-order valence-electron chi connectivity index (χ4n) is 8.08. The van der Waals surface area contributed by atoms with E-state index in [1.54, 1.807) is 0 Å². The lowest BCUT2D eigenvalue weighted by molar-refractivity contribution is 1.08. The van der Waals surface area contributed by atoms with Crippen LogP contribution in [0.4, 0.5) is 0 Å². The summed E-state index contributed by atoms with van der Waals surface area (Å²) in [5, 5.41) is 7.57. The molecule has 4 heteroatoms. The summed E-state index contributed by atoms with van der Waals surface area (Å²) in [6.07, 6.45) is 0. The summed E-state index contributed by atoms with van der Waals surface area (Å²) in [4.78, 5) is 5.33. The zero-order valence-corrected chi connectivity index (χ0v) is 28.3. The van der Waals surface area contributed by atoms with Crippen molar-refractivity contribution in [1.82, 2.24) is 14.1 Å². The van der Waals surface area contributed by atoms with Gasteiger partial charge in [0.05, 0.1) is 27.8 Å². The van der Waals surface area contributed by atoms with Gasteiger partial charge in [-0.15, -0.1) is 11.3 Å². The molecular formula is C47H29N3S. The third kappa shape index (κ3) is 4.27. The van der Waals surface area contributed by atoms with Crippen molar-refractivity contribution in [2.75, 3.05) is 0 Å². The second-order valence-electron chi connectivity index (χ2n) is 13.2. The van der Waals surface area contributed by atoms with E-state index in [0.717, 1.165) is 33.8 Å². The summed E-state index contributed by atoms with van der Waals surface area (Å²) < 4.78 is 7.34. The van der Waals surface area contributed by atoms with Crippen LogP contribution in [0.3, 0.4) is 0 Å². The fraction of sp³-hybridized carbons (Fsp3) is 0. The van der Waals surface area contributed by atoms with E-state index in [1.807, 2.05) is 11.3 Å². The number of hydrogen-bond acceptors (Lipinski definition) is 2. The monoisotopic (exact) mass is 667 g/mol. The minimum atomic E-state index is 0.903. The molecule has 0 bridgehead atoms. The van der Waals surface area contributed by atoms with Gasteiger partial charge in [0.15, 0.2) is 0 Å². The lowest BCUT2D eigenvalue weighted by atomic mass is 9.99. The smallest absolute Gasteiger partial charge is 0.138 e. The average molecular weight is 668 g/mol. The topological polar surface area (TPSA) is 22.8 Å². The summed E-state index contributed by atoms with van der Waals surface area (Å²) in [6.45, 7) is 0. The average Bonchev–Trinajstić information content (AvgIpc) is 3.86. The highest BCUT2D eigenvalue weighted by Gasteiger charge is 2.17. The highest BCUT2D eigenvalue weighted by atomic mass is 32.1. The largest absolute Gasteiger partial charge is 0.309 e. The number of fused-ring (bicyclic) bond motifs is 9. The molecular weight excluding hydrogens is 639 g/mol. The van der Waals surface area contributed by atoms with Crippen LogP contribution in [-0.2, 0) is 0 Å². The Morgan fingerprint density at radius 1 is 0.392 bits per heavy atom. The highest BCUT2D eigenvalue weighted by molar-refractivity contribution is 7.26. The molecule has 3 nitrogen and oxygen atoms in total. The van der Waals surface area contributed by atoms with Crippen LogP contribution < -0.4 is 0 Å². The van der Waals surface area contributed by atoms with Crippen LogP contribution in [0.5, 0.6) is 0 Å². The molecule has 0 aliphatic rings. The van der Waals surface area contributed by atoms with E-state index in [0.29, 0.717) is 0 Å². The summed E-state index contributed by atoms with van der Waals surface area (Å²) >= 11 is 1.87. The molecule has 51 heavy (non-hydrogen) atoms. The maximum absolute atomic E-state index is 5.33. The van der Waals surface area contributed by atoms with E-state index in [4.69, 9.17) is 4.98 Å². The van der Waals surface area contributed by atoms with E-state index in [1.165, 1.54) is 63.9 Å². The van der Waals surface area contributed by atoms with Crippen LogP contribution in [0, 0.1) is 0 Å². The first-order chi connectivity index (χ1) is 25.3. The van der Waals surface area contributed by atoms with Crippen LogP contribution in [0.25, 0.3) is 97.7 Å². The first-order valence-corrected chi connectivity index (χ1v) is 18.1. The van der Waals surface area contributed by atoms with Crippen molar-refractivity contribution >= 4 is 75.1 Å². The van der Waals surface area contributed by atoms with Gasteiger partial charge in [0.25, 0.3) is 0 Å². The van der Waals surface area contributed by atoms with Crippen molar-refractivity contribution in [2.24, 2.45) is 0 Å². The number of aromatic nitrogens is 3. The number of thiophene rings is 1. The molecule has 11 rings (SSSR count). The summed E-state index contributed by atoms with van der Waals surface area (Å²) in [5.74, 6) is 0.903. The molecule has 0 aliphatic carbocycles. The van der Waals surface area contributed by atoms with Crippen LogP contribution in [0.1, 0.15) is 0 Å². The van der Waals surface area contributed by atoms with Crippen molar-refractivity contribution in [3.05, 3.63) is 176 Å². The Morgan fingerprint density at radius 2 is 0.980 bits per heavy atom. The molecule has 0 spiro atoms. The number of pyridine rings is 1. The highest BCUT2D eigenvalue weighted by Crippen LogP contribution is 2.41. The Morgan fingerprint density at radius 3 is 1.76 bits per heavy atom. The van der Waals surface area contributed by atoms with Crippen molar-refractivity contribution in [1.29, 1.82) is 0 Å². The van der Waals surface area contributed by atoms with Gasteiger partial charge < -0.3 is 4.57 Å². The van der Waals surface area contributed by atoms with Crippen molar-refractivity contribution in [3.8, 4) is 33.9 Å². The number of para-hydroxylation sites is 3. The lowest BCUT2D eigenvalue weighted by Crippen LogP contribution is -1.99. The van der Waals surface area contributed by atoms with E-state index >= 15 is 0 Å². The van der Waals surface area contributed by atoms with E-state index in [2.05, 4.69) is 185 Å². The SMILES string of the molecule is c1cc(-c2cccc(-n3c4ccccc4c4cc(-n5c6ccccc6c6ccccc65)ccc43)n2)cc(-c2cccc3c2sc2ccccc23)c1. The Labute approximate surface area is 297 Å². The number of rotatable bonds is 4. The third-order valence-corrected chi connectivity index (χ3v) is 11.6. The first kappa shape index (κ1) is 28.4. The van der Waals surface area contributed by atoms with Crippen molar-refractivity contribution < 1.29 is 0 Å². The summed E-state index contributed by atoms with van der Waals surface area (Å²) in [7, 11) is 0. The quantitative estimate of drug-likeness (QED) is 0.183. The van der Waals surface area contributed by atoms with Crippen LogP contribution in [-0.4, -0.2) is 14.1 Å². The molecule has 4 heterocycles. The van der Waals surface area contributed by atoms with Crippen LogP contribution >= 0.6 is 11.3 Å². The molecule has 4 aromatic heterocycles. The maximum Gasteiger partial charge on any atom is 0.138 e. The van der Waals surface area contributed by atoms with Gasteiger partial charge in [0.1, 0.15) is 5.82 Å². The van der Waals surface area contributed by atoms with Gasteiger partial charge in [-0.2, -0.15) is 0 Å². The van der Waals surface area contributed by atoms with Crippen molar-refractivity contribution in [2.45, 2.75) is 0 Å². The molecule has 0 atom stereocenters. The van der Waals surface area contributed by atoms with Gasteiger partial charge in [-0.05, 0) is 71.8 Å². The van der Waals surface area contributed by atoms with Crippen LogP contribution in [0.2, 0.25) is 0 Å². The minimum Gasteiger partial charge on any atom is -0.309 e. The Balaban J connectivity index is 1.06. The number of nitrogens with zero attached hydrogens (tertiary/aromatic N) is 3. The molecule has 11 aromatic rings. The molecule has 0 unspecified atom stereocenters. The second kappa shape index (κ2) is 11.0. The fourth-order valence-corrected chi connectivity index (χ4v) is 9.31. The predicted octanol–water partition coefficient (Wildman–Crippen LogP) is 13.0. The maximum atomic E-state index is 5.33. The number of benzene rings is 7. The normalized spacial score (nSPS) is 11.9. The molecule has 0 aliphatic heterocycles. The van der Waals surface area contributed by atoms with Gasteiger partial charge >= 0.3 is 0 Å². The molecule has 0 saturated heterocycles. The van der Waals surface area contributed by atoms with Gasteiger partial charge in [0, 0.05) is 53.0 Å². The Hall–Kier alpha value is -6.49. The van der Waals surface area contributed by atoms with E-state index in [9.17, 15) is 0 Å². The first-order valence-electron chi connectivity index (χ1n) is 17.3. The minimum absolute atomic E-state index is 0.903. The van der Waals surface area contributed by atoms with Gasteiger partial charge in [-0.3, -0.25) is 4.57 Å². The lowest BCUT2D eigenvalue weighted by Gasteiger charge is -2.11. The van der Waals surface area contributed by atoms with E-state index < -0.39 is 0 Å². The van der Waals surface area contributed by atoms with Gasteiger partial charge in [-0.1, -0.05) is 115 Å². The standard InChI is InChI=1S/C47H29N3S/c1-5-21-41-34(14-1)35-15-2-6-22-42(35)49(41)32-26-27-44-39(29-32)36-16-3-7-23-43(36)50(44)46-25-11-20-40(48-46)31-13-9-12-30(28-31)33-18-10-19-38-37-17-4-8-24-45(37)51-47(33)38/h1-29H. The molecule has 0 N–H and O–H groups in total. The summed E-state index contributed by atoms with van der Waals surface area (Å²) in [6, 6.07) is 63.5. The predicted molar refractivity (Wildman–Crippen MR) is 217 cm³/mol. The molecule has 0 radical (unpaired) electrons.